The summed E-state index contributed by atoms with van der Waals surface area (Å²) in [6, 6.07) is 0. The van der Waals surface area contributed by atoms with Crippen LogP contribution in [0.15, 0.2) is 4.52 Å². The summed E-state index contributed by atoms with van der Waals surface area (Å²) in [7, 11) is 2.06. The Labute approximate surface area is 114 Å². The normalized spacial score (nSPS) is 27.9. The van der Waals surface area contributed by atoms with Crippen LogP contribution in [0.2, 0.25) is 0 Å². The topological polar surface area (TPSA) is 62.4 Å². The van der Waals surface area contributed by atoms with E-state index < -0.39 is 0 Å². The molecule has 0 radical (unpaired) electrons. The van der Waals surface area contributed by atoms with Crippen LogP contribution in [0.1, 0.15) is 56.2 Å². The van der Waals surface area contributed by atoms with Gasteiger partial charge in [0.1, 0.15) is 0 Å². The Hall–Kier alpha value is -0.940. The third-order valence-electron chi connectivity index (χ3n) is 4.25. The van der Waals surface area contributed by atoms with Crippen molar-refractivity contribution in [1.29, 1.82) is 0 Å². The monoisotopic (exact) mass is 265 g/mol. The van der Waals surface area contributed by atoms with Crippen molar-refractivity contribution in [3.05, 3.63) is 11.7 Å². The predicted molar refractivity (Wildman–Crippen MR) is 70.6 cm³/mol. The molecule has 1 N–H and O–H groups in total. The number of hydrogen-bond acceptors (Lipinski definition) is 5. The summed E-state index contributed by atoms with van der Waals surface area (Å²) in [5.41, 5.74) is 0. The molecule has 106 valence electrons. The smallest absolute Gasteiger partial charge is 0.240 e. The standard InChI is InChI=1S/C14H23N3O2/c1-17(8-11-4-2-3-5-12(11)18)9-13-15-14(16-19-13)10-6-7-10/h10-12,18H,2-9H2,1H3. The van der Waals surface area contributed by atoms with Gasteiger partial charge in [-0.3, -0.25) is 4.90 Å². The van der Waals surface area contributed by atoms with Gasteiger partial charge in [0.05, 0.1) is 12.6 Å². The summed E-state index contributed by atoms with van der Waals surface area (Å²) < 4.78 is 5.29. The number of aliphatic hydroxyl groups excluding tert-OH is 1. The van der Waals surface area contributed by atoms with Crippen molar-refractivity contribution < 1.29 is 9.63 Å². The van der Waals surface area contributed by atoms with E-state index in [1.807, 2.05) is 0 Å². The molecule has 2 atom stereocenters. The Bertz CT molecular complexity index is 417. The second kappa shape index (κ2) is 5.59. The molecule has 2 fully saturated rings. The number of aliphatic hydroxyl groups is 1. The average molecular weight is 265 g/mol. The highest BCUT2D eigenvalue weighted by atomic mass is 16.5. The summed E-state index contributed by atoms with van der Waals surface area (Å²) in [5, 5.41) is 14.0. The molecule has 2 saturated carbocycles. The van der Waals surface area contributed by atoms with Gasteiger partial charge in [-0.15, -0.1) is 0 Å². The van der Waals surface area contributed by atoms with E-state index in [0.717, 1.165) is 31.6 Å². The van der Waals surface area contributed by atoms with Crippen LogP contribution in [0.25, 0.3) is 0 Å². The number of nitrogens with zero attached hydrogens (tertiary/aromatic N) is 3. The molecule has 5 nitrogen and oxygen atoms in total. The van der Waals surface area contributed by atoms with Gasteiger partial charge in [-0.1, -0.05) is 18.0 Å². The van der Waals surface area contributed by atoms with Crippen LogP contribution in [0.4, 0.5) is 0 Å². The maximum absolute atomic E-state index is 9.99. The van der Waals surface area contributed by atoms with Crippen molar-refractivity contribution in [2.24, 2.45) is 5.92 Å². The summed E-state index contributed by atoms with van der Waals surface area (Å²) in [4.78, 5) is 6.63. The van der Waals surface area contributed by atoms with Gasteiger partial charge in [0.2, 0.25) is 5.89 Å². The molecule has 19 heavy (non-hydrogen) atoms. The molecule has 5 heteroatoms. The van der Waals surface area contributed by atoms with E-state index in [1.54, 1.807) is 0 Å². The van der Waals surface area contributed by atoms with Crippen molar-refractivity contribution in [1.82, 2.24) is 15.0 Å². The third kappa shape index (κ3) is 3.34. The summed E-state index contributed by atoms with van der Waals surface area (Å²) >= 11 is 0. The van der Waals surface area contributed by atoms with Crippen LogP contribution in [0.5, 0.6) is 0 Å². The van der Waals surface area contributed by atoms with E-state index in [9.17, 15) is 5.11 Å². The van der Waals surface area contributed by atoms with Crippen LogP contribution in [0, 0.1) is 5.92 Å². The third-order valence-corrected chi connectivity index (χ3v) is 4.25. The van der Waals surface area contributed by atoms with Gasteiger partial charge in [-0.2, -0.15) is 4.98 Å². The lowest BCUT2D eigenvalue weighted by atomic mass is 9.86. The van der Waals surface area contributed by atoms with Crippen molar-refractivity contribution in [3.8, 4) is 0 Å². The molecule has 2 unspecified atom stereocenters. The van der Waals surface area contributed by atoms with Crippen LogP contribution < -0.4 is 0 Å². The van der Waals surface area contributed by atoms with Crippen molar-refractivity contribution >= 4 is 0 Å². The van der Waals surface area contributed by atoms with Crippen LogP contribution in [-0.2, 0) is 6.54 Å². The molecule has 0 aromatic carbocycles. The summed E-state index contributed by atoms with van der Waals surface area (Å²) in [6.45, 7) is 1.59. The number of hydrogen-bond donors (Lipinski definition) is 1. The Kier molecular flexibility index (Phi) is 3.84. The van der Waals surface area contributed by atoms with E-state index in [0.29, 0.717) is 24.3 Å². The average Bonchev–Trinajstić information content (AvgIpc) is 3.14. The first-order valence-electron chi connectivity index (χ1n) is 7.41. The second-order valence-electron chi connectivity index (χ2n) is 6.13. The Balaban J connectivity index is 1.50. The van der Waals surface area contributed by atoms with Crippen molar-refractivity contribution in [3.63, 3.8) is 0 Å². The Morgan fingerprint density at radius 3 is 2.79 bits per heavy atom. The van der Waals surface area contributed by atoms with Gasteiger partial charge in [-0.05, 0) is 38.6 Å². The zero-order chi connectivity index (χ0) is 13.2. The minimum Gasteiger partial charge on any atom is -0.393 e. The molecule has 0 amide bonds. The minimum absolute atomic E-state index is 0.138. The fourth-order valence-electron chi connectivity index (χ4n) is 2.94. The fourth-order valence-corrected chi connectivity index (χ4v) is 2.94. The van der Waals surface area contributed by atoms with Crippen molar-refractivity contribution in [2.45, 2.75) is 57.1 Å². The number of rotatable bonds is 5. The maximum atomic E-state index is 9.99. The lowest BCUT2D eigenvalue weighted by Gasteiger charge is -2.30. The maximum Gasteiger partial charge on any atom is 0.240 e. The Morgan fingerprint density at radius 1 is 1.26 bits per heavy atom. The molecular formula is C14H23N3O2. The van der Waals surface area contributed by atoms with Crippen LogP contribution >= 0.6 is 0 Å². The molecule has 0 spiro atoms. The highest BCUT2D eigenvalue weighted by Crippen LogP contribution is 2.38. The first-order valence-corrected chi connectivity index (χ1v) is 7.41. The zero-order valence-corrected chi connectivity index (χ0v) is 11.6. The van der Waals surface area contributed by atoms with Gasteiger partial charge >= 0.3 is 0 Å². The zero-order valence-electron chi connectivity index (χ0n) is 11.6. The molecular weight excluding hydrogens is 242 g/mol. The minimum atomic E-state index is -0.138. The fraction of sp³-hybridized carbons (Fsp3) is 0.857. The van der Waals surface area contributed by atoms with E-state index in [-0.39, 0.29) is 6.10 Å². The lowest BCUT2D eigenvalue weighted by Crippen LogP contribution is -2.34. The van der Waals surface area contributed by atoms with Gasteiger partial charge in [0.25, 0.3) is 0 Å². The highest BCUT2D eigenvalue weighted by molar-refractivity contribution is 5.03. The van der Waals surface area contributed by atoms with Gasteiger partial charge in [-0.25, -0.2) is 0 Å². The SMILES string of the molecule is CN(Cc1nc(C2CC2)no1)CC1CCCCC1O. The van der Waals surface area contributed by atoms with Gasteiger partial charge < -0.3 is 9.63 Å². The molecule has 1 heterocycles. The molecule has 0 saturated heterocycles. The summed E-state index contributed by atoms with van der Waals surface area (Å²) in [5.74, 6) is 2.52. The number of aromatic nitrogens is 2. The predicted octanol–water partition coefficient (Wildman–Crippen LogP) is 1.93. The Morgan fingerprint density at radius 2 is 2.05 bits per heavy atom. The largest absolute Gasteiger partial charge is 0.393 e. The quantitative estimate of drug-likeness (QED) is 0.881. The van der Waals surface area contributed by atoms with Crippen LogP contribution in [0.3, 0.4) is 0 Å². The molecule has 2 aliphatic carbocycles. The molecule has 1 aromatic rings. The highest BCUT2D eigenvalue weighted by Gasteiger charge is 2.29. The molecule has 0 bridgehead atoms. The van der Waals surface area contributed by atoms with Crippen LogP contribution in [-0.4, -0.2) is 39.8 Å². The lowest BCUT2D eigenvalue weighted by molar-refractivity contribution is 0.0484. The van der Waals surface area contributed by atoms with E-state index in [4.69, 9.17) is 4.52 Å². The molecule has 0 aliphatic heterocycles. The molecule has 3 rings (SSSR count). The van der Waals surface area contributed by atoms with E-state index in [2.05, 4.69) is 22.1 Å². The molecule has 2 aliphatic rings. The van der Waals surface area contributed by atoms with Gasteiger partial charge in [0.15, 0.2) is 5.82 Å². The first-order chi connectivity index (χ1) is 9.22. The second-order valence-corrected chi connectivity index (χ2v) is 6.13. The van der Waals surface area contributed by atoms with Crippen molar-refractivity contribution in [2.75, 3.05) is 13.6 Å². The van der Waals surface area contributed by atoms with E-state index >= 15 is 0 Å². The molecule has 1 aromatic heterocycles. The first kappa shape index (κ1) is 13.1. The van der Waals surface area contributed by atoms with E-state index in [1.165, 1.54) is 19.3 Å². The van der Waals surface area contributed by atoms with Gasteiger partial charge in [0, 0.05) is 12.5 Å². The summed E-state index contributed by atoms with van der Waals surface area (Å²) in [6.07, 6.45) is 6.73.